The van der Waals surface area contributed by atoms with Gasteiger partial charge in [0.2, 0.25) is 0 Å². The first-order chi connectivity index (χ1) is 16.5. The molecule has 2 atom stereocenters. The Morgan fingerprint density at radius 1 is 1.29 bits per heavy atom. The topological polar surface area (TPSA) is 96.5 Å². The molecule has 1 saturated heterocycles. The third kappa shape index (κ3) is 4.85. The van der Waals surface area contributed by atoms with Crippen LogP contribution in [0.15, 0.2) is 41.2 Å². The molecule has 34 heavy (non-hydrogen) atoms. The van der Waals surface area contributed by atoms with Crippen molar-refractivity contribution in [1.29, 1.82) is 0 Å². The van der Waals surface area contributed by atoms with Gasteiger partial charge in [-0.2, -0.15) is 5.10 Å². The van der Waals surface area contributed by atoms with Gasteiger partial charge in [0.15, 0.2) is 0 Å². The van der Waals surface area contributed by atoms with E-state index in [-0.39, 0.29) is 22.7 Å². The zero-order chi connectivity index (χ0) is 23.7. The van der Waals surface area contributed by atoms with Crippen LogP contribution in [0.25, 0.3) is 0 Å². The first-order valence-electron chi connectivity index (χ1n) is 11.5. The van der Waals surface area contributed by atoms with Crippen molar-refractivity contribution in [2.75, 3.05) is 26.7 Å². The van der Waals surface area contributed by atoms with Crippen LogP contribution < -0.4 is 19.7 Å². The van der Waals surface area contributed by atoms with Crippen LogP contribution >= 0.6 is 11.3 Å². The Kier molecular flexibility index (Phi) is 6.38. The van der Waals surface area contributed by atoms with Crippen LogP contribution in [0.5, 0.6) is 11.5 Å². The van der Waals surface area contributed by atoms with Crippen LogP contribution in [-0.2, 0) is 13.0 Å². The van der Waals surface area contributed by atoms with E-state index < -0.39 is 0 Å². The molecular weight excluding hydrogens is 452 g/mol. The summed E-state index contributed by atoms with van der Waals surface area (Å²) in [5, 5.41) is 10.4. The molecule has 178 valence electrons. The number of carbonyl (C=O) groups excluding carboxylic acids is 1. The molecule has 0 bridgehead atoms. The second-order valence-corrected chi connectivity index (χ2v) is 10.0. The smallest absolute Gasteiger partial charge is 0.322 e. The fraction of sp³-hybridized carbons (Fsp3) is 0.400. The summed E-state index contributed by atoms with van der Waals surface area (Å²) in [4.78, 5) is 26.4. The lowest BCUT2D eigenvalue weighted by Crippen LogP contribution is -2.39. The molecular formula is C25H28N4O4S. The number of aromatic amines is 1. The average Bonchev–Trinajstić information content (AvgIpc) is 3.42. The Hall–Kier alpha value is -3.17. The van der Waals surface area contributed by atoms with Crippen molar-refractivity contribution in [2.45, 2.75) is 38.3 Å². The van der Waals surface area contributed by atoms with Crippen LogP contribution in [0.3, 0.4) is 0 Å². The summed E-state index contributed by atoms with van der Waals surface area (Å²) in [6, 6.07) is 11.3. The number of likely N-dealkylation sites (tertiary alicyclic amines) is 1. The maximum atomic E-state index is 12.9. The van der Waals surface area contributed by atoms with E-state index >= 15 is 0 Å². The van der Waals surface area contributed by atoms with Crippen molar-refractivity contribution in [3.05, 3.63) is 73.3 Å². The Labute approximate surface area is 201 Å². The minimum absolute atomic E-state index is 0.00967. The molecule has 1 amide bonds. The Bertz CT molecular complexity index is 1240. The number of nitrogens with zero attached hydrogens (tertiary/aromatic N) is 2. The number of H-pyrrole nitrogens is 1. The average molecular weight is 481 g/mol. The first-order valence-corrected chi connectivity index (χ1v) is 12.3. The van der Waals surface area contributed by atoms with Crippen molar-refractivity contribution >= 4 is 17.2 Å². The monoisotopic (exact) mass is 480 g/mol. The van der Waals surface area contributed by atoms with Gasteiger partial charge in [-0.25, -0.2) is 5.10 Å². The third-order valence-electron chi connectivity index (χ3n) is 6.43. The molecule has 3 heterocycles. The fourth-order valence-corrected chi connectivity index (χ4v) is 5.50. The molecule has 0 radical (unpaired) electrons. The van der Waals surface area contributed by atoms with Gasteiger partial charge in [-0.05, 0) is 73.8 Å². The van der Waals surface area contributed by atoms with E-state index in [2.05, 4.69) is 39.5 Å². The summed E-state index contributed by atoms with van der Waals surface area (Å²) >= 11 is 1.10. The van der Waals surface area contributed by atoms with Crippen LogP contribution in [0.2, 0.25) is 0 Å². The van der Waals surface area contributed by atoms with Crippen molar-refractivity contribution in [3.63, 3.8) is 0 Å². The second-order valence-electron chi connectivity index (χ2n) is 9.01. The van der Waals surface area contributed by atoms with Gasteiger partial charge in [0.25, 0.3) is 5.91 Å². The molecule has 2 N–H and O–H groups in total. The highest BCUT2D eigenvalue weighted by atomic mass is 32.1. The van der Waals surface area contributed by atoms with Gasteiger partial charge in [-0.1, -0.05) is 17.4 Å². The number of ether oxygens (including phenoxy) is 2. The highest BCUT2D eigenvalue weighted by Crippen LogP contribution is 2.30. The molecule has 0 spiro atoms. The molecule has 9 heteroatoms. The molecule has 2 aliphatic heterocycles. The summed E-state index contributed by atoms with van der Waals surface area (Å²) in [7, 11) is 2.00. The van der Waals surface area contributed by atoms with Gasteiger partial charge in [0.05, 0.1) is 12.6 Å². The quantitative estimate of drug-likeness (QED) is 0.563. The van der Waals surface area contributed by atoms with Gasteiger partial charge in [0, 0.05) is 24.6 Å². The molecule has 0 saturated carbocycles. The summed E-state index contributed by atoms with van der Waals surface area (Å²) in [5.41, 5.74) is 4.16. The molecule has 2 aromatic carbocycles. The number of aromatic nitrogens is 2. The minimum atomic E-state index is -0.178. The van der Waals surface area contributed by atoms with E-state index in [0.717, 1.165) is 53.7 Å². The summed E-state index contributed by atoms with van der Waals surface area (Å²) in [6.07, 6.45) is 2.12. The van der Waals surface area contributed by atoms with Crippen molar-refractivity contribution < 1.29 is 14.3 Å². The van der Waals surface area contributed by atoms with Gasteiger partial charge in [-0.3, -0.25) is 9.59 Å². The number of rotatable bonds is 6. The van der Waals surface area contributed by atoms with E-state index in [1.807, 2.05) is 19.2 Å². The van der Waals surface area contributed by atoms with Gasteiger partial charge < -0.3 is 19.7 Å². The molecule has 3 aromatic rings. The molecule has 5 rings (SSSR count). The minimum Gasteiger partial charge on any atom is -0.493 e. The maximum absolute atomic E-state index is 12.9. The van der Waals surface area contributed by atoms with E-state index in [1.165, 1.54) is 11.1 Å². The first kappa shape index (κ1) is 22.6. The van der Waals surface area contributed by atoms with Crippen molar-refractivity contribution in [3.8, 4) is 11.5 Å². The number of hydrogen-bond donors (Lipinski definition) is 2. The Morgan fingerprint density at radius 3 is 2.88 bits per heavy atom. The Balaban J connectivity index is 1.20. The highest BCUT2D eigenvalue weighted by molar-refractivity contribution is 7.08. The number of likely N-dealkylation sites (N-methyl/N-ethyl adjacent to an activating group) is 1. The SMILES string of the molecule is Cc1cc(COc2ccc(C(=O)NC3CN(C)C[C@@H]3c3n[nH]c(=O)s3)cc2)cc2c1CCCO2. The number of amides is 1. The highest BCUT2D eigenvalue weighted by Gasteiger charge is 2.35. The van der Waals surface area contributed by atoms with E-state index in [9.17, 15) is 9.59 Å². The summed E-state index contributed by atoms with van der Waals surface area (Å²) in [5.74, 6) is 1.51. The molecule has 2 aliphatic rings. The molecule has 0 aliphatic carbocycles. The Morgan fingerprint density at radius 2 is 2.12 bits per heavy atom. The number of nitrogens with one attached hydrogen (secondary N) is 2. The molecule has 8 nitrogen and oxygen atoms in total. The van der Waals surface area contributed by atoms with Crippen LogP contribution in [0.4, 0.5) is 0 Å². The van der Waals surface area contributed by atoms with Crippen molar-refractivity contribution in [2.24, 2.45) is 0 Å². The zero-order valence-corrected chi connectivity index (χ0v) is 20.1. The van der Waals surface area contributed by atoms with E-state index in [1.54, 1.807) is 12.1 Å². The number of hydrogen-bond acceptors (Lipinski definition) is 7. The van der Waals surface area contributed by atoms with Crippen LogP contribution in [0, 0.1) is 6.92 Å². The number of carbonyl (C=O) groups is 1. The molecule has 1 fully saturated rings. The third-order valence-corrected chi connectivity index (χ3v) is 7.31. The van der Waals surface area contributed by atoms with Crippen molar-refractivity contribution in [1.82, 2.24) is 20.4 Å². The second kappa shape index (κ2) is 9.60. The lowest BCUT2D eigenvalue weighted by Gasteiger charge is -2.20. The van der Waals surface area contributed by atoms with E-state index in [0.29, 0.717) is 24.5 Å². The molecule has 1 aromatic heterocycles. The van der Waals surface area contributed by atoms with Crippen LogP contribution in [0.1, 0.15) is 44.4 Å². The normalized spacial score (nSPS) is 19.9. The van der Waals surface area contributed by atoms with Gasteiger partial charge >= 0.3 is 4.87 Å². The number of benzene rings is 2. The summed E-state index contributed by atoms with van der Waals surface area (Å²) < 4.78 is 11.8. The lowest BCUT2D eigenvalue weighted by atomic mass is 9.98. The zero-order valence-electron chi connectivity index (χ0n) is 19.3. The van der Waals surface area contributed by atoms with E-state index in [4.69, 9.17) is 9.47 Å². The predicted molar refractivity (Wildman–Crippen MR) is 130 cm³/mol. The molecule has 1 unspecified atom stereocenters. The number of fused-ring (bicyclic) bond motifs is 1. The van der Waals surface area contributed by atoms with Crippen LogP contribution in [-0.4, -0.2) is 53.8 Å². The largest absolute Gasteiger partial charge is 0.493 e. The maximum Gasteiger partial charge on any atom is 0.322 e. The van der Waals surface area contributed by atoms with Gasteiger partial charge in [0.1, 0.15) is 23.1 Å². The number of aryl methyl sites for hydroxylation is 1. The predicted octanol–water partition coefficient (Wildman–Crippen LogP) is 2.87. The van der Waals surface area contributed by atoms with Gasteiger partial charge in [-0.15, -0.1) is 0 Å². The lowest BCUT2D eigenvalue weighted by molar-refractivity contribution is 0.0935. The standard InChI is InChI=1S/C25H28N4O4S/c1-15-10-16(11-22-19(15)4-3-9-32-22)14-33-18-7-5-17(6-8-18)23(30)26-21-13-29(2)12-20(21)24-27-28-25(31)34-24/h5-8,10-11,20-21H,3-4,9,12-14H2,1-2H3,(H,26,30)(H,28,31)/t20-,21?/m0/s1. The fourth-order valence-electron chi connectivity index (χ4n) is 4.74. The summed E-state index contributed by atoms with van der Waals surface area (Å²) in [6.45, 7) is 4.76.